The molecule has 0 heterocycles. The first-order chi connectivity index (χ1) is 6.50. The molecule has 0 saturated heterocycles. The van der Waals surface area contributed by atoms with E-state index in [-0.39, 0.29) is 6.42 Å². The summed E-state index contributed by atoms with van der Waals surface area (Å²) in [6.45, 7) is 0. The Morgan fingerprint density at radius 2 is 2.29 bits per heavy atom. The van der Waals surface area contributed by atoms with E-state index in [1.807, 2.05) is 0 Å². The van der Waals surface area contributed by atoms with Crippen LogP contribution in [0.3, 0.4) is 0 Å². The molecule has 1 rings (SSSR count). The third kappa shape index (κ3) is 2.97. The molecular weight excluding hydrogens is 269 g/mol. The fourth-order valence-electron chi connectivity index (χ4n) is 1.10. The molecule has 0 amide bonds. The summed E-state index contributed by atoms with van der Waals surface area (Å²) in [6.07, 6.45) is -0.112. The highest BCUT2D eigenvalue weighted by atomic mass is 79.9. The first kappa shape index (κ1) is 11.5. The standard InChI is InChI=1S/C9H9BrClNO2/c10-7-2-1-5(11)3-6(7)8(12)4-9(13)14/h1-3,8H,4,12H2,(H,13,14). The van der Waals surface area contributed by atoms with Gasteiger partial charge in [-0.25, -0.2) is 0 Å². The molecule has 5 heteroatoms. The molecular formula is C9H9BrClNO2. The fourth-order valence-corrected chi connectivity index (χ4v) is 1.82. The van der Waals surface area contributed by atoms with Gasteiger partial charge < -0.3 is 10.8 Å². The highest BCUT2D eigenvalue weighted by molar-refractivity contribution is 9.10. The van der Waals surface area contributed by atoms with Crippen molar-refractivity contribution >= 4 is 33.5 Å². The smallest absolute Gasteiger partial charge is 0.305 e. The van der Waals surface area contributed by atoms with Crippen molar-refractivity contribution in [2.45, 2.75) is 12.5 Å². The number of halogens is 2. The molecule has 1 unspecified atom stereocenters. The van der Waals surface area contributed by atoms with Crippen molar-refractivity contribution in [2.24, 2.45) is 5.73 Å². The van der Waals surface area contributed by atoms with E-state index in [9.17, 15) is 4.79 Å². The molecule has 0 aliphatic rings. The van der Waals surface area contributed by atoms with Crippen molar-refractivity contribution in [3.63, 3.8) is 0 Å². The molecule has 0 aliphatic carbocycles. The Balaban J connectivity index is 2.93. The highest BCUT2D eigenvalue weighted by Gasteiger charge is 2.13. The van der Waals surface area contributed by atoms with E-state index in [0.29, 0.717) is 10.6 Å². The number of rotatable bonds is 3. The minimum Gasteiger partial charge on any atom is -0.481 e. The number of hydrogen-bond donors (Lipinski definition) is 2. The van der Waals surface area contributed by atoms with E-state index in [2.05, 4.69) is 15.9 Å². The van der Waals surface area contributed by atoms with E-state index in [1.165, 1.54) is 0 Å². The van der Waals surface area contributed by atoms with Gasteiger partial charge in [0.1, 0.15) is 0 Å². The van der Waals surface area contributed by atoms with E-state index in [4.69, 9.17) is 22.4 Å². The fraction of sp³-hybridized carbons (Fsp3) is 0.222. The quantitative estimate of drug-likeness (QED) is 0.893. The van der Waals surface area contributed by atoms with E-state index >= 15 is 0 Å². The van der Waals surface area contributed by atoms with Crippen LogP contribution in [-0.2, 0) is 4.79 Å². The third-order valence-electron chi connectivity index (χ3n) is 1.75. The van der Waals surface area contributed by atoms with Crippen LogP contribution in [0.1, 0.15) is 18.0 Å². The predicted octanol–water partition coefficient (Wildman–Crippen LogP) is 2.58. The van der Waals surface area contributed by atoms with Crippen molar-refractivity contribution in [2.75, 3.05) is 0 Å². The van der Waals surface area contributed by atoms with Gasteiger partial charge in [-0.3, -0.25) is 4.79 Å². The van der Waals surface area contributed by atoms with Gasteiger partial charge in [-0.15, -0.1) is 0 Å². The number of benzene rings is 1. The lowest BCUT2D eigenvalue weighted by molar-refractivity contribution is -0.137. The minimum atomic E-state index is -0.927. The van der Waals surface area contributed by atoms with Gasteiger partial charge in [0, 0.05) is 15.5 Å². The molecule has 1 aromatic rings. The zero-order valence-electron chi connectivity index (χ0n) is 7.21. The molecule has 3 N–H and O–H groups in total. The van der Waals surface area contributed by atoms with Crippen LogP contribution >= 0.6 is 27.5 Å². The maximum atomic E-state index is 10.5. The predicted molar refractivity (Wildman–Crippen MR) is 58.3 cm³/mol. The number of carbonyl (C=O) groups is 1. The summed E-state index contributed by atoms with van der Waals surface area (Å²) in [5.74, 6) is -0.927. The van der Waals surface area contributed by atoms with Gasteiger partial charge >= 0.3 is 5.97 Å². The summed E-state index contributed by atoms with van der Waals surface area (Å²) in [4.78, 5) is 10.5. The van der Waals surface area contributed by atoms with Crippen molar-refractivity contribution < 1.29 is 9.90 Å². The Labute approximate surface area is 95.0 Å². The minimum absolute atomic E-state index is 0.112. The Morgan fingerprint density at radius 3 is 2.86 bits per heavy atom. The molecule has 14 heavy (non-hydrogen) atoms. The molecule has 0 aromatic heterocycles. The summed E-state index contributed by atoms with van der Waals surface area (Å²) < 4.78 is 0.774. The summed E-state index contributed by atoms with van der Waals surface area (Å²) in [6, 6.07) is 4.59. The van der Waals surface area contributed by atoms with Gasteiger partial charge in [0.2, 0.25) is 0 Å². The van der Waals surface area contributed by atoms with Gasteiger partial charge in [0.25, 0.3) is 0 Å². The second-order valence-electron chi connectivity index (χ2n) is 2.87. The van der Waals surface area contributed by atoms with Gasteiger partial charge in [0.05, 0.1) is 6.42 Å². The van der Waals surface area contributed by atoms with Crippen LogP contribution in [0.4, 0.5) is 0 Å². The maximum Gasteiger partial charge on any atom is 0.305 e. The van der Waals surface area contributed by atoms with Crippen molar-refractivity contribution in [3.8, 4) is 0 Å². The topological polar surface area (TPSA) is 63.3 Å². The largest absolute Gasteiger partial charge is 0.481 e. The van der Waals surface area contributed by atoms with Crippen LogP contribution in [-0.4, -0.2) is 11.1 Å². The van der Waals surface area contributed by atoms with Crippen LogP contribution in [0.2, 0.25) is 5.02 Å². The van der Waals surface area contributed by atoms with Gasteiger partial charge in [-0.1, -0.05) is 27.5 Å². The zero-order chi connectivity index (χ0) is 10.7. The summed E-state index contributed by atoms with van der Waals surface area (Å²) >= 11 is 9.06. The first-order valence-corrected chi connectivity index (χ1v) is 5.10. The van der Waals surface area contributed by atoms with Crippen LogP contribution in [0.15, 0.2) is 22.7 Å². The Hall–Kier alpha value is -0.580. The summed E-state index contributed by atoms with van der Waals surface area (Å²) in [5.41, 5.74) is 6.40. The monoisotopic (exact) mass is 277 g/mol. The van der Waals surface area contributed by atoms with Crippen LogP contribution in [0.5, 0.6) is 0 Å². The second-order valence-corrected chi connectivity index (χ2v) is 4.16. The van der Waals surface area contributed by atoms with E-state index in [1.54, 1.807) is 18.2 Å². The van der Waals surface area contributed by atoms with Crippen LogP contribution in [0, 0.1) is 0 Å². The molecule has 0 aliphatic heterocycles. The Kier molecular flexibility index (Phi) is 3.92. The molecule has 0 fully saturated rings. The maximum absolute atomic E-state index is 10.5. The average molecular weight is 279 g/mol. The molecule has 0 spiro atoms. The van der Waals surface area contributed by atoms with Gasteiger partial charge in [-0.05, 0) is 23.8 Å². The van der Waals surface area contributed by atoms with Crippen molar-refractivity contribution in [3.05, 3.63) is 33.3 Å². The third-order valence-corrected chi connectivity index (χ3v) is 2.71. The Bertz CT molecular complexity index is 357. The lowest BCUT2D eigenvalue weighted by atomic mass is 10.1. The van der Waals surface area contributed by atoms with Crippen molar-refractivity contribution in [1.29, 1.82) is 0 Å². The normalized spacial score (nSPS) is 12.5. The molecule has 1 aromatic carbocycles. The second kappa shape index (κ2) is 4.77. The number of carboxylic acid groups (broad SMARTS) is 1. The molecule has 76 valence electrons. The summed E-state index contributed by atoms with van der Waals surface area (Å²) in [7, 11) is 0. The zero-order valence-corrected chi connectivity index (χ0v) is 9.55. The van der Waals surface area contributed by atoms with Gasteiger partial charge in [0.15, 0.2) is 0 Å². The van der Waals surface area contributed by atoms with E-state index in [0.717, 1.165) is 4.47 Å². The number of aliphatic carboxylic acids is 1. The Morgan fingerprint density at radius 1 is 1.64 bits per heavy atom. The first-order valence-electron chi connectivity index (χ1n) is 3.93. The molecule has 0 radical (unpaired) electrons. The lowest BCUT2D eigenvalue weighted by Gasteiger charge is -2.11. The number of nitrogens with two attached hydrogens (primary N) is 1. The SMILES string of the molecule is NC(CC(=O)O)c1cc(Cl)ccc1Br. The molecule has 3 nitrogen and oxygen atoms in total. The average Bonchev–Trinajstić information content (AvgIpc) is 2.08. The number of carboxylic acids is 1. The van der Waals surface area contributed by atoms with E-state index < -0.39 is 12.0 Å². The molecule has 0 bridgehead atoms. The highest BCUT2D eigenvalue weighted by Crippen LogP contribution is 2.26. The summed E-state index contributed by atoms with van der Waals surface area (Å²) in [5, 5.41) is 9.12. The molecule has 1 atom stereocenters. The van der Waals surface area contributed by atoms with Crippen LogP contribution in [0.25, 0.3) is 0 Å². The van der Waals surface area contributed by atoms with Crippen molar-refractivity contribution in [1.82, 2.24) is 0 Å². The van der Waals surface area contributed by atoms with Gasteiger partial charge in [-0.2, -0.15) is 0 Å². The molecule has 0 saturated carbocycles. The number of hydrogen-bond acceptors (Lipinski definition) is 2. The van der Waals surface area contributed by atoms with Crippen LogP contribution < -0.4 is 5.73 Å². The lowest BCUT2D eigenvalue weighted by Crippen LogP contribution is -2.15.